The summed E-state index contributed by atoms with van der Waals surface area (Å²) in [7, 11) is 1.94. The maximum Gasteiger partial charge on any atom is 0.274 e. The number of aryl methyl sites for hydroxylation is 1. The lowest BCUT2D eigenvalue weighted by atomic mass is 10.2. The van der Waals surface area contributed by atoms with E-state index in [4.69, 9.17) is 5.26 Å². The Bertz CT molecular complexity index is 774. The summed E-state index contributed by atoms with van der Waals surface area (Å²) in [5.74, 6) is 0.185. The lowest BCUT2D eigenvalue weighted by molar-refractivity contribution is 0.897. The van der Waals surface area contributed by atoms with Gasteiger partial charge in [-0.15, -0.1) is 10.2 Å². The van der Waals surface area contributed by atoms with Crippen molar-refractivity contribution in [1.82, 2.24) is 15.2 Å². The summed E-state index contributed by atoms with van der Waals surface area (Å²) < 4.78 is 0. The molecule has 0 fully saturated rings. The van der Waals surface area contributed by atoms with Gasteiger partial charge in [0.1, 0.15) is 5.69 Å². The van der Waals surface area contributed by atoms with Gasteiger partial charge < -0.3 is 4.90 Å². The van der Waals surface area contributed by atoms with Crippen LogP contribution in [0.3, 0.4) is 0 Å². The number of hydrogen-bond donors (Lipinski definition) is 2. The summed E-state index contributed by atoms with van der Waals surface area (Å²) >= 11 is 0. The Kier molecular flexibility index (Phi) is 5.41. The molecule has 118 valence electrons. The zero-order chi connectivity index (χ0) is 16.7. The Morgan fingerprint density at radius 1 is 1.39 bits per heavy atom. The summed E-state index contributed by atoms with van der Waals surface area (Å²) in [6.45, 7) is 2.26. The standard InChI is InChI=1S/C15H17N7O/c1-11-14(23)18-15(21-19-11)20-17-10-12-4-6-13(7-5-12)22(2)9-3-8-16/h4-7,10H,3,9H2,1-2H3,(H2,18,20,21,23)/b17-10-. The molecule has 2 N–H and O–H groups in total. The van der Waals surface area contributed by atoms with E-state index < -0.39 is 0 Å². The van der Waals surface area contributed by atoms with Gasteiger partial charge in [-0.25, -0.2) is 5.43 Å². The van der Waals surface area contributed by atoms with Crippen molar-refractivity contribution in [2.75, 3.05) is 23.9 Å². The number of aromatic amines is 1. The minimum atomic E-state index is -0.303. The second kappa shape index (κ2) is 7.70. The highest BCUT2D eigenvalue weighted by molar-refractivity contribution is 5.80. The van der Waals surface area contributed by atoms with Crippen LogP contribution in [0.25, 0.3) is 0 Å². The first-order valence-electron chi connectivity index (χ1n) is 7.01. The molecule has 8 nitrogen and oxygen atoms in total. The fourth-order valence-corrected chi connectivity index (χ4v) is 1.77. The molecule has 0 amide bonds. The fraction of sp³-hybridized carbons (Fsp3) is 0.267. The van der Waals surface area contributed by atoms with E-state index in [-0.39, 0.29) is 11.5 Å². The molecular weight excluding hydrogens is 294 g/mol. The van der Waals surface area contributed by atoms with Crippen LogP contribution in [-0.2, 0) is 0 Å². The summed E-state index contributed by atoms with van der Waals surface area (Å²) in [4.78, 5) is 15.9. The first kappa shape index (κ1) is 16.2. The molecule has 0 spiro atoms. The second-order valence-electron chi connectivity index (χ2n) is 4.88. The largest absolute Gasteiger partial charge is 0.374 e. The predicted molar refractivity (Wildman–Crippen MR) is 88.5 cm³/mol. The third-order valence-electron chi connectivity index (χ3n) is 3.14. The molecule has 0 bridgehead atoms. The van der Waals surface area contributed by atoms with Gasteiger partial charge in [-0.05, 0) is 24.6 Å². The molecule has 0 radical (unpaired) electrons. The number of rotatable bonds is 6. The molecule has 2 aromatic rings. The third-order valence-corrected chi connectivity index (χ3v) is 3.14. The van der Waals surface area contributed by atoms with Gasteiger partial charge in [-0.1, -0.05) is 12.1 Å². The van der Waals surface area contributed by atoms with E-state index in [9.17, 15) is 4.79 Å². The van der Waals surface area contributed by atoms with Crippen LogP contribution in [0.4, 0.5) is 11.6 Å². The van der Waals surface area contributed by atoms with Crippen molar-refractivity contribution >= 4 is 17.9 Å². The van der Waals surface area contributed by atoms with Crippen molar-refractivity contribution in [3.05, 3.63) is 45.9 Å². The van der Waals surface area contributed by atoms with Crippen molar-refractivity contribution in [1.29, 1.82) is 5.26 Å². The van der Waals surface area contributed by atoms with E-state index in [0.717, 1.165) is 11.3 Å². The van der Waals surface area contributed by atoms with Gasteiger partial charge in [-0.2, -0.15) is 10.4 Å². The average Bonchev–Trinajstić information content (AvgIpc) is 2.56. The number of aromatic nitrogens is 3. The number of anilines is 2. The van der Waals surface area contributed by atoms with E-state index in [1.54, 1.807) is 13.1 Å². The molecule has 0 saturated carbocycles. The summed E-state index contributed by atoms with van der Waals surface area (Å²) in [6.07, 6.45) is 2.10. The average molecular weight is 311 g/mol. The summed E-state index contributed by atoms with van der Waals surface area (Å²) in [5, 5.41) is 20.1. The molecule has 0 saturated heterocycles. The molecule has 1 heterocycles. The molecule has 1 aromatic carbocycles. The van der Waals surface area contributed by atoms with Crippen molar-refractivity contribution in [2.24, 2.45) is 5.10 Å². The maximum atomic E-state index is 11.4. The minimum Gasteiger partial charge on any atom is -0.374 e. The highest BCUT2D eigenvalue weighted by Crippen LogP contribution is 2.13. The van der Waals surface area contributed by atoms with Crippen LogP contribution in [0, 0.1) is 18.3 Å². The zero-order valence-corrected chi connectivity index (χ0v) is 12.9. The molecule has 8 heteroatoms. The highest BCUT2D eigenvalue weighted by Gasteiger charge is 2.00. The van der Waals surface area contributed by atoms with E-state index in [1.807, 2.05) is 36.2 Å². The highest BCUT2D eigenvalue weighted by atomic mass is 16.1. The van der Waals surface area contributed by atoms with Crippen molar-refractivity contribution in [3.63, 3.8) is 0 Å². The Morgan fingerprint density at radius 2 is 2.13 bits per heavy atom. The van der Waals surface area contributed by atoms with Crippen molar-refractivity contribution in [2.45, 2.75) is 13.3 Å². The number of benzene rings is 1. The monoisotopic (exact) mass is 311 g/mol. The van der Waals surface area contributed by atoms with Crippen molar-refractivity contribution in [3.8, 4) is 6.07 Å². The molecule has 2 rings (SSSR count). The van der Waals surface area contributed by atoms with Crippen LogP contribution >= 0.6 is 0 Å². The van der Waals surface area contributed by atoms with Crippen LogP contribution in [0.5, 0.6) is 0 Å². The zero-order valence-electron chi connectivity index (χ0n) is 12.9. The lowest BCUT2D eigenvalue weighted by Crippen LogP contribution is -2.17. The first-order chi connectivity index (χ1) is 11.1. The third kappa shape index (κ3) is 4.64. The molecule has 0 unspecified atom stereocenters. The van der Waals surface area contributed by atoms with E-state index in [1.165, 1.54) is 0 Å². The quantitative estimate of drug-likeness (QED) is 0.614. The van der Waals surface area contributed by atoms with Crippen LogP contribution in [0.1, 0.15) is 17.7 Å². The van der Waals surface area contributed by atoms with Gasteiger partial charge in [0.25, 0.3) is 5.56 Å². The van der Waals surface area contributed by atoms with Crippen LogP contribution in [-0.4, -0.2) is 35.0 Å². The van der Waals surface area contributed by atoms with Gasteiger partial charge in [0, 0.05) is 19.3 Å². The molecule has 23 heavy (non-hydrogen) atoms. The fourth-order valence-electron chi connectivity index (χ4n) is 1.77. The van der Waals surface area contributed by atoms with Gasteiger partial charge in [0.15, 0.2) is 0 Å². The van der Waals surface area contributed by atoms with Crippen LogP contribution < -0.4 is 15.9 Å². The molecule has 0 aliphatic heterocycles. The Hall–Kier alpha value is -3.21. The Balaban J connectivity index is 1.96. The molecule has 0 aliphatic rings. The Morgan fingerprint density at radius 3 is 2.78 bits per heavy atom. The van der Waals surface area contributed by atoms with E-state index >= 15 is 0 Å². The van der Waals surface area contributed by atoms with Gasteiger partial charge in [0.05, 0.1) is 18.7 Å². The number of nitrogens with one attached hydrogen (secondary N) is 2. The van der Waals surface area contributed by atoms with Crippen LogP contribution in [0.15, 0.2) is 34.2 Å². The van der Waals surface area contributed by atoms with Crippen LogP contribution in [0.2, 0.25) is 0 Å². The Labute approximate surface area is 133 Å². The number of H-pyrrole nitrogens is 1. The number of nitrogens with zero attached hydrogens (tertiary/aromatic N) is 5. The molecule has 0 aliphatic carbocycles. The predicted octanol–water partition coefficient (Wildman–Crippen LogP) is 1.27. The number of hydrogen-bond acceptors (Lipinski definition) is 7. The molecular formula is C15H17N7O. The first-order valence-corrected chi connectivity index (χ1v) is 7.01. The van der Waals surface area contributed by atoms with E-state index in [2.05, 4.69) is 31.8 Å². The van der Waals surface area contributed by atoms with Crippen molar-refractivity contribution < 1.29 is 0 Å². The SMILES string of the molecule is Cc1nnc(N/N=C\c2ccc(N(C)CCC#N)cc2)[nH]c1=O. The summed E-state index contributed by atoms with van der Waals surface area (Å²) in [6, 6.07) is 9.84. The smallest absolute Gasteiger partial charge is 0.274 e. The maximum absolute atomic E-state index is 11.4. The van der Waals surface area contributed by atoms with Gasteiger partial charge in [0.2, 0.25) is 5.95 Å². The molecule has 1 aromatic heterocycles. The van der Waals surface area contributed by atoms with E-state index in [0.29, 0.717) is 18.7 Å². The topological polar surface area (TPSA) is 110 Å². The minimum absolute atomic E-state index is 0.185. The molecule has 0 atom stereocenters. The number of hydrazone groups is 1. The number of nitriles is 1. The lowest BCUT2D eigenvalue weighted by Gasteiger charge is -2.17. The van der Waals surface area contributed by atoms with Gasteiger partial charge in [-0.3, -0.25) is 9.78 Å². The second-order valence-corrected chi connectivity index (χ2v) is 4.88. The normalized spacial score (nSPS) is 10.5. The van der Waals surface area contributed by atoms with Gasteiger partial charge >= 0.3 is 0 Å². The summed E-state index contributed by atoms with van der Waals surface area (Å²) in [5.41, 5.74) is 4.53.